The molecule has 0 atom stereocenters. The summed E-state index contributed by atoms with van der Waals surface area (Å²) in [5.41, 5.74) is 6.58. The molecule has 1 aromatic rings. The summed E-state index contributed by atoms with van der Waals surface area (Å²) in [7, 11) is 3.47. The molecule has 1 heterocycles. The number of thiophene rings is 1. The van der Waals surface area contributed by atoms with Crippen LogP contribution in [0, 0.1) is 0 Å². The van der Waals surface area contributed by atoms with Crippen LogP contribution in [0.3, 0.4) is 0 Å². The maximum Gasteiger partial charge on any atom is 0.265 e. The highest BCUT2D eigenvalue weighted by Crippen LogP contribution is 2.42. The van der Waals surface area contributed by atoms with Gasteiger partial charge in [0.1, 0.15) is 4.88 Å². The van der Waals surface area contributed by atoms with Gasteiger partial charge in [-0.05, 0) is 12.5 Å². The highest BCUT2D eigenvalue weighted by atomic mass is 32.2. The van der Waals surface area contributed by atoms with Crippen LogP contribution < -0.4 is 5.73 Å². The number of nitrogens with two attached hydrogens (primary N) is 1. The lowest BCUT2D eigenvalue weighted by atomic mass is 10.3. The van der Waals surface area contributed by atoms with Gasteiger partial charge >= 0.3 is 0 Å². The van der Waals surface area contributed by atoms with Crippen LogP contribution >= 0.6 is 34.9 Å². The van der Waals surface area contributed by atoms with Gasteiger partial charge in [0, 0.05) is 14.1 Å². The van der Waals surface area contributed by atoms with Gasteiger partial charge in [-0.15, -0.1) is 34.9 Å². The summed E-state index contributed by atoms with van der Waals surface area (Å²) in [6.07, 6.45) is 3.97. The van der Waals surface area contributed by atoms with Crippen molar-refractivity contribution in [2.45, 2.75) is 9.10 Å². The van der Waals surface area contributed by atoms with Crippen molar-refractivity contribution in [3.05, 3.63) is 4.88 Å². The summed E-state index contributed by atoms with van der Waals surface area (Å²) in [4.78, 5) is 15.0. The molecule has 1 rings (SSSR count). The van der Waals surface area contributed by atoms with Gasteiger partial charge < -0.3 is 10.6 Å². The normalized spacial score (nSPS) is 10.4. The molecular formula is C9H14N2OS3. The van der Waals surface area contributed by atoms with E-state index in [9.17, 15) is 4.79 Å². The molecule has 0 aliphatic rings. The van der Waals surface area contributed by atoms with E-state index >= 15 is 0 Å². The SMILES string of the molecule is CSc1sc(C(=O)N(C)C)c(N)c1SC. The van der Waals surface area contributed by atoms with Crippen molar-refractivity contribution in [2.24, 2.45) is 0 Å². The number of nitrogen functional groups attached to an aromatic ring is 1. The Morgan fingerprint density at radius 3 is 2.27 bits per heavy atom. The van der Waals surface area contributed by atoms with E-state index in [1.807, 2.05) is 12.5 Å². The van der Waals surface area contributed by atoms with Gasteiger partial charge in [-0.25, -0.2) is 0 Å². The number of nitrogens with zero attached hydrogens (tertiary/aromatic N) is 1. The van der Waals surface area contributed by atoms with Gasteiger partial charge in [0.25, 0.3) is 5.91 Å². The Morgan fingerprint density at radius 1 is 1.33 bits per heavy atom. The molecule has 1 amide bonds. The summed E-state index contributed by atoms with van der Waals surface area (Å²) in [5, 5.41) is 0. The van der Waals surface area contributed by atoms with E-state index < -0.39 is 0 Å². The minimum absolute atomic E-state index is 0.0203. The van der Waals surface area contributed by atoms with E-state index in [1.54, 1.807) is 42.5 Å². The summed E-state index contributed by atoms with van der Waals surface area (Å²) in [6, 6.07) is 0. The lowest BCUT2D eigenvalue weighted by molar-refractivity contribution is 0.0833. The Balaban J connectivity index is 3.21. The third-order valence-electron chi connectivity index (χ3n) is 1.86. The Morgan fingerprint density at radius 2 is 1.93 bits per heavy atom. The van der Waals surface area contributed by atoms with E-state index in [0.29, 0.717) is 10.6 Å². The zero-order valence-corrected chi connectivity index (χ0v) is 11.6. The van der Waals surface area contributed by atoms with Gasteiger partial charge in [-0.3, -0.25) is 4.79 Å². The molecule has 0 saturated heterocycles. The van der Waals surface area contributed by atoms with Crippen LogP contribution in [0.5, 0.6) is 0 Å². The van der Waals surface area contributed by atoms with Crippen LogP contribution in [-0.2, 0) is 0 Å². The molecule has 0 aromatic carbocycles. The van der Waals surface area contributed by atoms with Gasteiger partial charge in [-0.1, -0.05) is 0 Å². The number of thioether (sulfide) groups is 2. The van der Waals surface area contributed by atoms with Gasteiger partial charge in [0.2, 0.25) is 0 Å². The first-order valence-corrected chi connectivity index (χ1v) is 7.51. The maximum absolute atomic E-state index is 11.8. The fourth-order valence-electron chi connectivity index (χ4n) is 1.10. The smallest absolute Gasteiger partial charge is 0.265 e. The number of hydrogen-bond donors (Lipinski definition) is 1. The van der Waals surface area contributed by atoms with Crippen LogP contribution in [0.25, 0.3) is 0 Å². The molecule has 0 aliphatic carbocycles. The highest BCUT2D eigenvalue weighted by Gasteiger charge is 2.21. The number of carbonyl (C=O) groups is 1. The van der Waals surface area contributed by atoms with Crippen molar-refractivity contribution in [1.82, 2.24) is 4.90 Å². The zero-order chi connectivity index (χ0) is 11.6. The van der Waals surface area contributed by atoms with E-state index in [0.717, 1.165) is 9.10 Å². The van der Waals surface area contributed by atoms with Crippen LogP contribution in [0.15, 0.2) is 9.10 Å². The zero-order valence-electron chi connectivity index (χ0n) is 9.16. The monoisotopic (exact) mass is 262 g/mol. The van der Waals surface area contributed by atoms with Crippen LogP contribution in [0.4, 0.5) is 5.69 Å². The number of carbonyl (C=O) groups excluding carboxylic acids is 1. The molecule has 6 heteroatoms. The third-order valence-corrected chi connectivity index (χ3v) is 5.26. The van der Waals surface area contributed by atoms with Crippen molar-refractivity contribution in [3.8, 4) is 0 Å². The van der Waals surface area contributed by atoms with Gasteiger partial charge in [0.05, 0.1) is 14.8 Å². The lowest BCUT2D eigenvalue weighted by Crippen LogP contribution is -2.21. The third kappa shape index (κ3) is 2.43. The topological polar surface area (TPSA) is 46.3 Å². The Kier molecular flexibility index (Phi) is 4.36. The average molecular weight is 262 g/mol. The van der Waals surface area contributed by atoms with Crippen molar-refractivity contribution in [1.29, 1.82) is 0 Å². The summed E-state index contributed by atoms with van der Waals surface area (Å²) >= 11 is 4.69. The highest BCUT2D eigenvalue weighted by molar-refractivity contribution is 8.03. The summed E-state index contributed by atoms with van der Waals surface area (Å²) in [5.74, 6) is -0.0203. The second-order valence-electron chi connectivity index (χ2n) is 3.07. The second-order valence-corrected chi connectivity index (χ2v) is 5.98. The predicted octanol–water partition coefficient (Wildman–Crippen LogP) is 2.48. The lowest BCUT2D eigenvalue weighted by Gasteiger charge is -2.08. The summed E-state index contributed by atoms with van der Waals surface area (Å²) in [6.45, 7) is 0. The van der Waals surface area contributed by atoms with Crippen molar-refractivity contribution < 1.29 is 4.79 Å². The first kappa shape index (κ1) is 12.7. The molecule has 1 aromatic heterocycles. The molecule has 3 nitrogen and oxygen atoms in total. The molecule has 0 spiro atoms. The second kappa shape index (κ2) is 5.14. The first-order valence-electron chi connectivity index (χ1n) is 4.24. The summed E-state index contributed by atoms with van der Waals surface area (Å²) < 4.78 is 1.12. The van der Waals surface area contributed by atoms with Crippen molar-refractivity contribution in [2.75, 3.05) is 32.3 Å². The van der Waals surface area contributed by atoms with Crippen molar-refractivity contribution >= 4 is 46.5 Å². The fraction of sp³-hybridized carbons (Fsp3) is 0.444. The number of amides is 1. The van der Waals surface area contributed by atoms with E-state index in [4.69, 9.17) is 5.73 Å². The molecule has 0 unspecified atom stereocenters. The average Bonchev–Trinajstić information content (AvgIpc) is 2.53. The molecule has 15 heavy (non-hydrogen) atoms. The quantitative estimate of drug-likeness (QED) is 0.850. The molecule has 0 fully saturated rings. The standard InChI is InChI=1S/C9H14N2OS3/c1-11(2)8(12)6-5(10)7(13-3)9(14-4)15-6/h10H2,1-4H3. The number of rotatable bonds is 3. The van der Waals surface area contributed by atoms with Gasteiger partial charge in [0.15, 0.2) is 0 Å². The minimum Gasteiger partial charge on any atom is -0.396 e. The number of anilines is 1. The van der Waals surface area contributed by atoms with Crippen LogP contribution in [0.2, 0.25) is 0 Å². The largest absolute Gasteiger partial charge is 0.396 e. The molecular weight excluding hydrogens is 248 g/mol. The minimum atomic E-state index is -0.0203. The molecule has 0 saturated carbocycles. The van der Waals surface area contributed by atoms with Crippen LogP contribution in [-0.4, -0.2) is 37.4 Å². The van der Waals surface area contributed by atoms with E-state index in [1.165, 1.54) is 11.3 Å². The Labute approximate surface area is 102 Å². The maximum atomic E-state index is 11.8. The van der Waals surface area contributed by atoms with Crippen molar-refractivity contribution in [3.63, 3.8) is 0 Å². The molecule has 0 radical (unpaired) electrons. The van der Waals surface area contributed by atoms with Gasteiger partial charge in [-0.2, -0.15) is 0 Å². The predicted molar refractivity (Wildman–Crippen MR) is 70.3 cm³/mol. The first-order chi connectivity index (χ1) is 7.02. The molecule has 0 aliphatic heterocycles. The Hall–Kier alpha value is -0.330. The molecule has 2 N–H and O–H groups in total. The molecule has 84 valence electrons. The van der Waals surface area contributed by atoms with E-state index in [2.05, 4.69) is 0 Å². The number of hydrogen-bond acceptors (Lipinski definition) is 5. The fourth-order valence-corrected chi connectivity index (χ4v) is 4.27. The van der Waals surface area contributed by atoms with E-state index in [-0.39, 0.29) is 5.91 Å². The van der Waals surface area contributed by atoms with Crippen LogP contribution in [0.1, 0.15) is 9.67 Å². The Bertz CT molecular complexity index is 374. The molecule has 0 bridgehead atoms.